The first kappa shape index (κ1) is 20.2. The van der Waals surface area contributed by atoms with Crippen LogP contribution in [0.4, 0.5) is 5.69 Å². The number of hydrogen-bond donors (Lipinski definition) is 1. The third-order valence-corrected chi connectivity index (χ3v) is 6.10. The molecular formula is C21H26N2O4S. The molecule has 1 amide bonds. The number of carbonyl (C=O) groups is 1. The Morgan fingerprint density at radius 2 is 1.71 bits per heavy atom. The minimum absolute atomic E-state index is 0.0518. The van der Waals surface area contributed by atoms with Gasteiger partial charge in [0.25, 0.3) is 15.9 Å². The van der Waals surface area contributed by atoms with E-state index >= 15 is 0 Å². The van der Waals surface area contributed by atoms with Gasteiger partial charge >= 0.3 is 0 Å². The molecule has 0 unspecified atom stereocenters. The minimum atomic E-state index is -3.75. The number of anilines is 1. The van der Waals surface area contributed by atoms with Gasteiger partial charge in [-0.3, -0.25) is 9.52 Å². The monoisotopic (exact) mass is 402 g/mol. The SMILES string of the molecule is CCOc1ccc(S(=O)(=O)Nc2cccc(C(=O)N3CCCCCC3)c2)cc1. The third kappa shape index (κ3) is 5.04. The van der Waals surface area contributed by atoms with Crippen LogP contribution in [-0.2, 0) is 10.0 Å². The molecule has 0 saturated carbocycles. The standard InChI is InChI=1S/C21H26N2O4S/c1-2-27-19-10-12-20(13-11-19)28(25,26)22-18-9-7-8-17(16-18)21(24)23-14-5-3-4-6-15-23/h7-13,16,22H,2-6,14-15H2,1H3. The maximum absolute atomic E-state index is 12.8. The maximum atomic E-state index is 12.8. The number of benzene rings is 2. The molecule has 0 atom stereocenters. The molecule has 1 fully saturated rings. The molecule has 3 rings (SSSR count). The Hall–Kier alpha value is -2.54. The molecule has 1 aliphatic rings. The second-order valence-corrected chi connectivity index (χ2v) is 8.48. The Bertz CT molecular complexity index is 902. The minimum Gasteiger partial charge on any atom is -0.494 e. The number of nitrogens with zero attached hydrogens (tertiary/aromatic N) is 1. The van der Waals surface area contributed by atoms with E-state index in [-0.39, 0.29) is 10.8 Å². The van der Waals surface area contributed by atoms with Crippen molar-refractivity contribution in [2.45, 2.75) is 37.5 Å². The zero-order valence-electron chi connectivity index (χ0n) is 16.1. The topological polar surface area (TPSA) is 75.7 Å². The lowest BCUT2D eigenvalue weighted by Crippen LogP contribution is -2.31. The third-order valence-electron chi connectivity index (χ3n) is 4.70. The van der Waals surface area contributed by atoms with Gasteiger partial charge < -0.3 is 9.64 Å². The van der Waals surface area contributed by atoms with Crippen molar-refractivity contribution < 1.29 is 17.9 Å². The van der Waals surface area contributed by atoms with Gasteiger partial charge in [-0.2, -0.15) is 0 Å². The molecular weight excluding hydrogens is 376 g/mol. The van der Waals surface area contributed by atoms with Gasteiger partial charge in [0.2, 0.25) is 0 Å². The van der Waals surface area contributed by atoms with Gasteiger partial charge in [0.1, 0.15) is 5.75 Å². The Kier molecular flexibility index (Phi) is 6.57. The first-order chi connectivity index (χ1) is 13.5. The van der Waals surface area contributed by atoms with Crippen LogP contribution in [-0.4, -0.2) is 38.9 Å². The number of likely N-dealkylation sites (tertiary alicyclic amines) is 1. The highest BCUT2D eigenvalue weighted by Crippen LogP contribution is 2.21. The van der Waals surface area contributed by atoms with Crippen molar-refractivity contribution >= 4 is 21.6 Å². The summed E-state index contributed by atoms with van der Waals surface area (Å²) in [7, 11) is -3.75. The van der Waals surface area contributed by atoms with Crippen LogP contribution in [0, 0.1) is 0 Å². The molecule has 0 radical (unpaired) electrons. The van der Waals surface area contributed by atoms with Gasteiger partial charge in [-0.15, -0.1) is 0 Å². The molecule has 6 nitrogen and oxygen atoms in total. The van der Waals surface area contributed by atoms with Crippen LogP contribution in [0.5, 0.6) is 5.75 Å². The Morgan fingerprint density at radius 1 is 1.04 bits per heavy atom. The van der Waals surface area contributed by atoms with Crippen molar-refractivity contribution in [2.75, 3.05) is 24.4 Å². The van der Waals surface area contributed by atoms with E-state index < -0.39 is 10.0 Å². The fourth-order valence-electron chi connectivity index (χ4n) is 3.27. The van der Waals surface area contributed by atoms with Crippen LogP contribution in [0.2, 0.25) is 0 Å². The zero-order chi connectivity index (χ0) is 20.0. The summed E-state index contributed by atoms with van der Waals surface area (Å²) in [6.07, 6.45) is 4.31. The number of nitrogens with one attached hydrogen (secondary N) is 1. The quantitative estimate of drug-likeness (QED) is 0.795. The van der Waals surface area contributed by atoms with Crippen LogP contribution < -0.4 is 9.46 Å². The second-order valence-electron chi connectivity index (χ2n) is 6.80. The highest BCUT2D eigenvalue weighted by Gasteiger charge is 2.19. The summed E-state index contributed by atoms with van der Waals surface area (Å²) in [6, 6.07) is 12.9. The number of rotatable bonds is 6. The van der Waals surface area contributed by atoms with Crippen LogP contribution in [0.3, 0.4) is 0 Å². The highest BCUT2D eigenvalue weighted by molar-refractivity contribution is 7.92. The van der Waals surface area contributed by atoms with Crippen molar-refractivity contribution in [1.82, 2.24) is 4.90 Å². The van der Waals surface area contributed by atoms with Crippen LogP contribution in [0.1, 0.15) is 43.0 Å². The van der Waals surface area contributed by atoms with Gasteiger partial charge in [-0.25, -0.2) is 8.42 Å². The second kappa shape index (κ2) is 9.10. The lowest BCUT2D eigenvalue weighted by molar-refractivity contribution is 0.0761. The Balaban J connectivity index is 1.75. The van der Waals surface area contributed by atoms with E-state index in [0.717, 1.165) is 38.8 Å². The number of amides is 1. The van der Waals surface area contributed by atoms with Crippen molar-refractivity contribution in [3.8, 4) is 5.75 Å². The number of hydrogen-bond acceptors (Lipinski definition) is 4. The summed E-state index contributed by atoms with van der Waals surface area (Å²) in [5, 5.41) is 0. The van der Waals surface area contributed by atoms with Gasteiger partial charge in [0.15, 0.2) is 0 Å². The van der Waals surface area contributed by atoms with Gasteiger partial charge in [-0.1, -0.05) is 18.9 Å². The van der Waals surface area contributed by atoms with E-state index in [2.05, 4.69) is 4.72 Å². The number of ether oxygens (including phenoxy) is 1. The molecule has 7 heteroatoms. The van der Waals surface area contributed by atoms with E-state index in [0.29, 0.717) is 23.6 Å². The largest absolute Gasteiger partial charge is 0.494 e. The fraction of sp³-hybridized carbons (Fsp3) is 0.381. The van der Waals surface area contributed by atoms with Crippen LogP contribution >= 0.6 is 0 Å². The molecule has 1 N–H and O–H groups in total. The first-order valence-corrected chi connectivity index (χ1v) is 11.1. The number of sulfonamides is 1. The Morgan fingerprint density at radius 3 is 2.36 bits per heavy atom. The summed E-state index contributed by atoms with van der Waals surface area (Å²) >= 11 is 0. The molecule has 28 heavy (non-hydrogen) atoms. The van der Waals surface area contributed by atoms with Crippen molar-refractivity contribution in [1.29, 1.82) is 0 Å². The summed E-state index contributed by atoms with van der Waals surface area (Å²) < 4.78 is 33.2. The summed E-state index contributed by atoms with van der Waals surface area (Å²) in [5.74, 6) is 0.565. The molecule has 0 spiro atoms. The van der Waals surface area contributed by atoms with E-state index in [9.17, 15) is 13.2 Å². The predicted octanol–water partition coefficient (Wildman–Crippen LogP) is 3.90. The van der Waals surface area contributed by atoms with Crippen LogP contribution in [0.25, 0.3) is 0 Å². The smallest absolute Gasteiger partial charge is 0.261 e. The fourth-order valence-corrected chi connectivity index (χ4v) is 4.32. The summed E-state index contributed by atoms with van der Waals surface area (Å²) in [6.45, 7) is 3.89. The lowest BCUT2D eigenvalue weighted by Gasteiger charge is -2.20. The lowest BCUT2D eigenvalue weighted by atomic mass is 10.1. The maximum Gasteiger partial charge on any atom is 0.261 e. The molecule has 150 valence electrons. The zero-order valence-corrected chi connectivity index (χ0v) is 16.9. The normalized spacial score (nSPS) is 15.0. The molecule has 1 aliphatic heterocycles. The van der Waals surface area contributed by atoms with E-state index in [4.69, 9.17) is 4.74 Å². The molecule has 1 saturated heterocycles. The molecule has 0 aromatic heterocycles. The van der Waals surface area contributed by atoms with E-state index in [1.807, 2.05) is 11.8 Å². The van der Waals surface area contributed by atoms with Gasteiger partial charge in [0, 0.05) is 24.3 Å². The van der Waals surface area contributed by atoms with Gasteiger partial charge in [0.05, 0.1) is 11.5 Å². The van der Waals surface area contributed by atoms with Crippen LogP contribution in [0.15, 0.2) is 53.4 Å². The average Bonchev–Trinajstić information content (AvgIpc) is 2.97. The number of carbonyl (C=O) groups excluding carboxylic acids is 1. The van der Waals surface area contributed by atoms with Gasteiger partial charge in [-0.05, 0) is 62.2 Å². The van der Waals surface area contributed by atoms with Crippen molar-refractivity contribution in [3.05, 3.63) is 54.1 Å². The predicted molar refractivity (Wildman–Crippen MR) is 109 cm³/mol. The molecule has 0 aliphatic carbocycles. The average molecular weight is 403 g/mol. The molecule has 2 aromatic carbocycles. The molecule has 1 heterocycles. The summed E-state index contributed by atoms with van der Waals surface area (Å²) in [5.41, 5.74) is 0.864. The van der Waals surface area contributed by atoms with E-state index in [1.54, 1.807) is 36.4 Å². The molecule has 2 aromatic rings. The van der Waals surface area contributed by atoms with Crippen molar-refractivity contribution in [2.24, 2.45) is 0 Å². The first-order valence-electron chi connectivity index (χ1n) is 9.64. The molecule has 0 bridgehead atoms. The Labute approximate surface area is 166 Å². The summed E-state index contributed by atoms with van der Waals surface area (Å²) in [4.78, 5) is 14.8. The van der Waals surface area contributed by atoms with E-state index in [1.165, 1.54) is 12.1 Å². The van der Waals surface area contributed by atoms with Crippen molar-refractivity contribution in [3.63, 3.8) is 0 Å². The highest BCUT2D eigenvalue weighted by atomic mass is 32.2.